The minimum Gasteiger partial charge on any atom is -0.323 e. The predicted molar refractivity (Wildman–Crippen MR) is 68.6 cm³/mol. The van der Waals surface area contributed by atoms with E-state index < -0.39 is 24.0 Å². The molecule has 2 heterocycles. The highest BCUT2D eigenvalue weighted by molar-refractivity contribution is 6.32. The maximum Gasteiger partial charge on any atom is 0.404 e. The van der Waals surface area contributed by atoms with Gasteiger partial charge >= 0.3 is 6.18 Å². The number of anilines is 1. The molecule has 1 atom stereocenters. The number of pyridine rings is 1. The van der Waals surface area contributed by atoms with Gasteiger partial charge in [0.2, 0.25) is 5.91 Å². The largest absolute Gasteiger partial charge is 0.404 e. The Labute approximate surface area is 118 Å². The van der Waals surface area contributed by atoms with Crippen molar-refractivity contribution >= 4 is 23.2 Å². The zero-order valence-corrected chi connectivity index (χ0v) is 11.4. The van der Waals surface area contributed by atoms with Crippen molar-refractivity contribution in [3.63, 3.8) is 0 Å². The van der Waals surface area contributed by atoms with Crippen LogP contribution in [-0.4, -0.2) is 30.2 Å². The second-order valence-electron chi connectivity index (χ2n) is 4.81. The molecule has 0 aliphatic carbocycles. The number of nitrogens with one attached hydrogen (secondary N) is 2. The van der Waals surface area contributed by atoms with Crippen molar-refractivity contribution in [2.24, 2.45) is 5.41 Å². The quantitative estimate of drug-likeness (QED) is 0.826. The van der Waals surface area contributed by atoms with Crippen LogP contribution in [0.25, 0.3) is 0 Å². The Hall–Kier alpha value is -1.34. The number of carbonyl (C=O) groups is 1. The fourth-order valence-electron chi connectivity index (χ4n) is 2.14. The molecular formula is C12H13ClF3N3O. The van der Waals surface area contributed by atoms with Gasteiger partial charge in [-0.1, -0.05) is 11.6 Å². The summed E-state index contributed by atoms with van der Waals surface area (Å²) in [4.78, 5) is 15.9. The monoisotopic (exact) mass is 307 g/mol. The van der Waals surface area contributed by atoms with E-state index >= 15 is 0 Å². The standard InChI is InChI=1S/C12H13ClF3N3O/c1-7-4-8(9(13)18-5-7)19-10(20)11(12(14,15)16)2-3-17-6-11/h4-5,17H,2-3,6H2,1H3,(H,19,20). The van der Waals surface area contributed by atoms with E-state index in [1.54, 1.807) is 6.92 Å². The van der Waals surface area contributed by atoms with Crippen LogP contribution in [0.4, 0.5) is 18.9 Å². The zero-order valence-electron chi connectivity index (χ0n) is 10.6. The van der Waals surface area contributed by atoms with Crippen molar-refractivity contribution < 1.29 is 18.0 Å². The summed E-state index contributed by atoms with van der Waals surface area (Å²) in [5.74, 6) is -1.11. The van der Waals surface area contributed by atoms with Crippen molar-refractivity contribution in [1.29, 1.82) is 0 Å². The molecule has 1 amide bonds. The first-order valence-electron chi connectivity index (χ1n) is 5.97. The average Bonchev–Trinajstić information content (AvgIpc) is 2.83. The minimum atomic E-state index is -4.62. The van der Waals surface area contributed by atoms with Crippen molar-refractivity contribution in [2.45, 2.75) is 19.5 Å². The number of aryl methyl sites for hydroxylation is 1. The van der Waals surface area contributed by atoms with Gasteiger partial charge in [0.25, 0.3) is 0 Å². The lowest BCUT2D eigenvalue weighted by Gasteiger charge is -2.29. The van der Waals surface area contributed by atoms with Gasteiger partial charge in [-0.05, 0) is 31.5 Å². The molecule has 110 valence electrons. The first kappa shape index (κ1) is 15.1. The Bertz CT molecular complexity index is 527. The molecule has 1 saturated heterocycles. The topological polar surface area (TPSA) is 54.0 Å². The Kier molecular flexibility index (Phi) is 3.93. The van der Waals surface area contributed by atoms with Crippen LogP contribution in [-0.2, 0) is 4.79 Å². The van der Waals surface area contributed by atoms with Crippen molar-refractivity contribution in [2.75, 3.05) is 18.4 Å². The van der Waals surface area contributed by atoms with Gasteiger partial charge in [-0.15, -0.1) is 0 Å². The summed E-state index contributed by atoms with van der Waals surface area (Å²) in [5.41, 5.74) is -1.64. The first-order chi connectivity index (χ1) is 9.26. The van der Waals surface area contributed by atoms with Gasteiger partial charge in [0.05, 0.1) is 5.69 Å². The maximum absolute atomic E-state index is 13.2. The smallest absolute Gasteiger partial charge is 0.323 e. The lowest BCUT2D eigenvalue weighted by molar-refractivity contribution is -0.213. The second kappa shape index (κ2) is 5.21. The van der Waals surface area contributed by atoms with Crippen molar-refractivity contribution in [3.05, 3.63) is 23.0 Å². The third kappa shape index (κ3) is 2.60. The van der Waals surface area contributed by atoms with Crippen molar-refractivity contribution in [1.82, 2.24) is 10.3 Å². The van der Waals surface area contributed by atoms with Crippen LogP contribution in [0.5, 0.6) is 0 Å². The summed E-state index contributed by atoms with van der Waals surface area (Å²) in [6, 6.07) is 1.49. The van der Waals surface area contributed by atoms with Crippen LogP contribution in [0.1, 0.15) is 12.0 Å². The molecule has 0 bridgehead atoms. The molecule has 8 heteroatoms. The van der Waals surface area contributed by atoms with E-state index in [1.165, 1.54) is 12.3 Å². The van der Waals surface area contributed by atoms with Crippen LogP contribution in [0.2, 0.25) is 5.15 Å². The fourth-order valence-corrected chi connectivity index (χ4v) is 2.29. The summed E-state index contributed by atoms with van der Waals surface area (Å²) >= 11 is 5.78. The van der Waals surface area contributed by atoms with Crippen molar-refractivity contribution in [3.8, 4) is 0 Å². The van der Waals surface area contributed by atoms with Crippen LogP contribution in [0.3, 0.4) is 0 Å². The molecular weight excluding hydrogens is 295 g/mol. The number of halogens is 4. The van der Waals surface area contributed by atoms with E-state index in [-0.39, 0.29) is 23.8 Å². The van der Waals surface area contributed by atoms with Gasteiger partial charge in [0.1, 0.15) is 0 Å². The molecule has 0 radical (unpaired) electrons. The van der Waals surface area contributed by atoms with E-state index in [0.29, 0.717) is 5.56 Å². The van der Waals surface area contributed by atoms with Crippen LogP contribution in [0, 0.1) is 12.3 Å². The summed E-state index contributed by atoms with van der Waals surface area (Å²) in [5, 5.41) is 4.79. The number of hydrogen-bond acceptors (Lipinski definition) is 3. The van der Waals surface area contributed by atoms with E-state index in [2.05, 4.69) is 15.6 Å². The summed E-state index contributed by atoms with van der Waals surface area (Å²) in [6.45, 7) is 1.42. The summed E-state index contributed by atoms with van der Waals surface area (Å²) < 4.78 is 39.6. The van der Waals surface area contributed by atoms with Crippen LogP contribution < -0.4 is 10.6 Å². The lowest BCUT2D eigenvalue weighted by Crippen LogP contribution is -2.49. The Morgan fingerprint density at radius 1 is 1.55 bits per heavy atom. The van der Waals surface area contributed by atoms with E-state index in [1.807, 2.05) is 0 Å². The third-order valence-corrected chi connectivity index (χ3v) is 3.66. The SMILES string of the molecule is Cc1cnc(Cl)c(NC(=O)C2(C(F)(F)F)CCNC2)c1. The molecule has 1 unspecified atom stereocenters. The molecule has 1 aromatic rings. The molecule has 0 saturated carbocycles. The highest BCUT2D eigenvalue weighted by Crippen LogP contribution is 2.44. The molecule has 4 nitrogen and oxygen atoms in total. The highest BCUT2D eigenvalue weighted by Gasteiger charge is 2.61. The Balaban J connectivity index is 2.28. The van der Waals surface area contributed by atoms with Gasteiger partial charge in [0.15, 0.2) is 10.6 Å². The van der Waals surface area contributed by atoms with Gasteiger partial charge in [0, 0.05) is 12.7 Å². The average molecular weight is 308 g/mol. The van der Waals surface area contributed by atoms with Gasteiger partial charge in [-0.25, -0.2) is 4.98 Å². The summed E-state index contributed by atoms with van der Waals surface area (Å²) in [6.07, 6.45) is -3.45. The van der Waals surface area contributed by atoms with Gasteiger partial charge < -0.3 is 10.6 Å². The molecule has 0 spiro atoms. The molecule has 2 N–H and O–H groups in total. The van der Waals surface area contributed by atoms with Gasteiger partial charge in [-0.2, -0.15) is 13.2 Å². The first-order valence-corrected chi connectivity index (χ1v) is 6.35. The maximum atomic E-state index is 13.2. The second-order valence-corrected chi connectivity index (χ2v) is 5.17. The number of carbonyl (C=O) groups excluding carboxylic acids is 1. The number of nitrogens with zero attached hydrogens (tertiary/aromatic N) is 1. The zero-order chi connectivity index (χ0) is 15.0. The lowest BCUT2D eigenvalue weighted by atomic mass is 9.85. The molecule has 20 heavy (non-hydrogen) atoms. The van der Waals surface area contributed by atoms with Gasteiger partial charge in [-0.3, -0.25) is 4.79 Å². The summed E-state index contributed by atoms with van der Waals surface area (Å²) in [7, 11) is 0. The van der Waals surface area contributed by atoms with Crippen LogP contribution in [0.15, 0.2) is 12.3 Å². The molecule has 1 fully saturated rings. The van der Waals surface area contributed by atoms with E-state index in [0.717, 1.165) is 0 Å². The molecule has 1 aromatic heterocycles. The number of hydrogen-bond donors (Lipinski definition) is 2. The molecule has 1 aliphatic heterocycles. The Morgan fingerprint density at radius 3 is 2.80 bits per heavy atom. The highest BCUT2D eigenvalue weighted by atomic mass is 35.5. The number of alkyl halides is 3. The molecule has 2 rings (SSSR count). The van der Waals surface area contributed by atoms with Crippen LogP contribution >= 0.6 is 11.6 Å². The predicted octanol–water partition coefficient (Wildman–Crippen LogP) is 2.52. The number of aromatic nitrogens is 1. The minimum absolute atomic E-state index is 0.0350. The Morgan fingerprint density at radius 2 is 2.25 bits per heavy atom. The number of rotatable bonds is 2. The van der Waals surface area contributed by atoms with E-state index in [9.17, 15) is 18.0 Å². The van der Waals surface area contributed by atoms with E-state index in [4.69, 9.17) is 11.6 Å². The number of amides is 1. The molecule has 1 aliphatic rings. The normalized spacial score (nSPS) is 22.9. The fraction of sp³-hybridized carbons (Fsp3) is 0.500. The molecule has 0 aromatic carbocycles. The third-order valence-electron chi connectivity index (χ3n) is 3.36.